The van der Waals surface area contributed by atoms with Gasteiger partial charge in [-0.1, -0.05) is 12.1 Å². The highest BCUT2D eigenvalue weighted by Gasteiger charge is 2.18. The quantitative estimate of drug-likeness (QED) is 0.874. The molecule has 0 aliphatic carbocycles. The summed E-state index contributed by atoms with van der Waals surface area (Å²) in [6.45, 7) is 1.81. The predicted octanol–water partition coefficient (Wildman–Crippen LogP) is 1.56. The minimum Gasteiger partial charge on any atom is -0.368 e. The molecule has 2 rings (SSSR count). The summed E-state index contributed by atoms with van der Waals surface area (Å²) in [4.78, 5) is 19.6. The summed E-state index contributed by atoms with van der Waals surface area (Å²) in [5.74, 6) is -0.663. The summed E-state index contributed by atoms with van der Waals surface area (Å²) in [7, 11) is 0. The van der Waals surface area contributed by atoms with Gasteiger partial charge in [-0.15, -0.1) is 0 Å². The maximum Gasteiger partial charge on any atom is 0.244 e. The molecule has 0 spiro atoms. The van der Waals surface area contributed by atoms with Crippen LogP contribution in [0.15, 0.2) is 36.5 Å². The van der Waals surface area contributed by atoms with Crippen molar-refractivity contribution in [3.05, 3.63) is 53.6 Å². The van der Waals surface area contributed by atoms with Gasteiger partial charge in [0.15, 0.2) is 0 Å². The number of aromatic nitrogens is 2. The number of primary amides is 1. The van der Waals surface area contributed by atoms with E-state index in [4.69, 9.17) is 5.73 Å². The normalized spacial score (nSPS) is 11.9. The second-order valence-corrected chi connectivity index (χ2v) is 4.05. The zero-order valence-electron chi connectivity index (χ0n) is 10.3. The first-order valence-electron chi connectivity index (χ1n) is 5.67. The second kappa shape index (κ2) is 5.43. The molecule has 0 saturated carbocycles. The van der Waals surface area contributed by atoms with Gasteiger partial charge < -0.3 is 11.1 Å². The van der Waals surface area contributed by atoms with Gasteiger partial charge in [0.1, 0.15) is 11.9 Å². The molecule has 98 valence electrons. The number of hydrogen-bond acceptors (Lipinski definition) is 4. The summed E-state index contributed by atoms with van der Waals surface area (Å²) >= 11 is 0. The molecular formula is C13H13FN4O. The van der Waals surface area contributed by atoms with Crippen molar-refractivity contribution < 1.29 is 9.18 Å². The van der Waals surface area contributed by atoms with Crippen molar-refractivity contribution in [1.29, 1.82) is 0 Å². The van der Waals surface area contributed by atoms with E-state index in [1.165, 1.54) is 24.3 Å². The number of amides is 1. The van der Waals surface area contributed by atoms with Gasteiger partial charge >= 0.3 is 0 Å². The number of hydrogen-bond donors (Lipinski definition) is 2. The van der Waals surface area contributed by atoms with Gasteiger partial charge in [0.2, 0.25) is 11.9 Å². The molecule has 0 fully saturated rings. The fourth-order valence-corrected chi connectivity index (χ4v) is 1.62. The van der Waals surface area contributed by atoms with E-state index in [0.717, 1.165) is 5.69 Å². The van der Waals surface area contributed by atoms with Crippen LogP contribution in [0.5, 0.6) is 0 Å². The van der Waals surface area contributed by atoms with Gasteiger partial charge in [0, 0.05) is 11.9 Å². The summed E-state index contributed by atoms with van der Waals surface area (Å²) < 4.78 is 12.9. The topological polar surface area (TPSA) is 80.9 Å². The molecule has 2 aromatic rings. The van der Waals surface area contributed by atoms with Crippen LogP contribution in [-0.4, -0.2) is 15.9 Å². The zero-order chi connectivity index (χ0) is 13.8. The molecule has 1 atom stereocenters. The summed E-state index contributed by atoms with van der Waals surface area (Å²) in [5, 5.41) is 2.84. The maximum atomic E-state index is 12.9. The average Bonchev–Trinajstić information content (AvgIpc) is 2.37. The zero-order valence-corrected chi connectivity index (χ0v) is 10.3. The minimum absolute atomic E-state index is 0.299. The number of anilines is 1. The lowest BCUT2D eigenvalue weighted by Gasteiger charge is -2.15. The third-order valence-electron chi connectivity index (χ3n) is 2.56. The SMILES string of the molecule is Cc1ccnc(NC(C(N)=O)c2ccc(F)cc2)n1. The van der Waals surface area contributed by atoms with Crippen LogP contribution >= 0.6 is 0 Å². The minimum atomic E-state index is -0.803. The first kappa shape index (κ1) is 12.9. The fourth-order valence-electron chi connectivity index (χ4n) is 1.62. The van der Waals surface area contributed by atoms with E-state index >= 15 is 0 Å². The maximum absolute atomic E-state index is 12.9. The Morgan fingerprint density at radius 1 is 1.32 bits per heavy atom. The van der Waals surface area contributed by atoms with Gasteiger partial charge in [0.25, 0.3) is 0 Å². The van der Waals surface area contributed by atoms with Crippen LogP contribution in [0.3, 0.4) is 0 Å². The second-order valence-electron chi connectivity index (χ2n) is 4.05. The van der Waals surface area contributed by atoms with Gasteiger partial charge in [-0.05, 0) is 30.7 Å². The molecule has 1 unspecified atom stereocenters. The van der Waals surface area contributed by atoms with Crippen LogP contribution in [0.2, 0.25) is 0 Å². The monoisotopic (exact) mass is 260 g/mol. The Bertz CT molecular complexity index is 585. The number of carbonyl (C=O) groups is 1. The molecular weight excluding hydrogens is 247 g/mol. The molecule has 0 saturated heterocycles. The van der Waals surface area contributed by atoms with Crippen LogP contribution in [-0.2, 0) is 4.79 Å². The first-order chi connectivity index (χ1) is 9.06. The molecule has 0 aliphatic rings. The largest absolute Gasteiger partial charge is 0.368 e. The van der Waals surface area contributed by atoms with Gasteiger partial charge in [-0.25, -0.2) is 14.4 Å². The average molecular weight is 260 g/mol. The highest BCUT2D eigenvalue weighted by molar-refractivity contribution is 5.83. The Hall–Kier alpha value is -2.50. The third kappa shape index (κ3) is 3.25. The van der Waals surface area contributed by atoms with Gasteiger partial charge in [0.05, 0.1) is 0 Å². The molecule has 0 aliphatic heterocycles. The highest BCUT2D eigenvalue weighted by atomic mass is 19.1. The third-order valence-corrected chi connectivity index (χ3v) is 2.56. The lowest BCUT2D eigenvalue weighted by atomic mass is 10.1. The van der Waals surface area contributed by atoms with E-state index in [1.54, 1.807) is 12.3 Å². The number of nitrogens with two attached hydrogens (primary N) is 1. The van der Waals surface area contributed by atoms with Crippen molar-refractivity contribution in [3.8, 4) is 0 Å². The first-order valence-corrected chi connectivity index (χ1v) is 5.67. The van der Waals surface area contributed by atoms with Crippen LogP contribution in [0.25, 0.3) is 0 Å². The highest BCUT2D eigenvalue weighted by Crippen LogP contribution is 2.17. The standard InChI is InChI=1S/C13H13FN4O/c1-8-6-7-16-13(17-8)18-11(12(15)19)9-2-4-10(14)5-3-9/h2-7,11H,1H3,(H2,15,19)(H,16,17,18). The smallest absolute Gasteiger partial charge is 0.244 e. The van der Waals surface area contributed by atoms with E-state index in [1.807, 2.05) is 6.92 Å². The lowest BCUT2D eigenvalue weighted by Crippen LogP contribution is -2.28. The van der Waals surface area contributed by atoms with E-state index in [0.29, 0.717) is 11.5 Å². The van der Waals surface area contributed by atoms with Crippen LogP contribution < -0.4 is 11.1 Å². The molecule has 5 nitrogen and oxygen atoms in total. The molecule has 19 heavy (non-hydrogen) atoms. The number of nitrogens with one attached hydrogen (secondary N) is 1. The molecule has 1 aromatic heterocycles. The molecule has 3 N–H and O–H groups in total. The van der Waals surface area contributed by atoms with Crippen molar-refractivity contribution >= 4 is 11.9 Å². The molecule has 1 heterocycles. The Balaban J connectivity index is 2.26. The number of halogens is 1. The van der Waals surface area contributed by atoms with Crippen molar-refractivity contribution in [3.63, 3.8) is 0 Å². The van der Waals surface area contributed by atoms with E-state index < -0.39 is 11.9 Å². The van der Waals surface area contributed by atoms with Gasteiger partial charge in [-0.3, -0.25) is 4.79 Å². The molecule has 0 radical (unpaired) electrons. The molecule has 6 heteroatoms. The fraction of sp³-hybridized carbons (Fsp3) is 0.154. The molecule has 1 aromatic carbocycles. The van der Waals surface area contributed by atoms with Gasteiger partial charge in [-0.2, -0.15) is 0 Å². The summed E-state index contributed by atoms with van der Waals surface area (Å²) in [6, 6.07) is 6.46. The Labute approximate surface area is 109 Å². The van der Waals surface area contributed by atoms with Crippen molar-refractivity contribution in [2.24, 2.45) is 5.73 Å². The molecule has 0 bridgehead atoms. The van der Waals surface area contributed by atoms with E-state index in [9.17, 15) is 9.18 Å². The summed E-state index contributed by atoms with van der Waals surface area (Å²) in [6.07, 6.45) is 1.58. The Kier molecular flexibility index (Phi) is 3.70. The Morgan fingerprint density at radius 3 is 2.58 bits per heavy atom. The number of carbonyl (C=O) groups excluding carboxylic acids is 1. The molecule has 1 amide bonds. The number of nitrogens with zero attached hydrogens (tertiary/aromatic N) is 2. The van der Waals surface area contributed by atoms with Crippen LogP contribution in [0.1, 0.15) is 17.3 Å². The number of benzene rings is 1. The van der Waals surface area contributed by atoms with E-state index in [2.05, 4.69) is 15.3 Å². The van der Waals surface area contributed by atoms with E-state index in [-0.39, 0.29) is 5.82 Å². The van der Waals surface area contributed by atoms with Crippen molar-refractivity contribution in [2.75, 3.05) is 5.32 Å². The van der Waals surface area contributed by atoms with Crippen LogP contribution in [0.4, 0.5) is 10.3 Å². The number of rotatable bonds is 4. The summed E-state index contributed by atoms with van der Waals surface area (Å²) in [5.41, 5.74) is 6.66. The van der Waals surface area contributed by atoms with Crippen molar-refractivity contribution in [2.45, 2.75) is 13.0 Å². The van der Waals surface area contributed by atoms with Crippen molar-refractivity contribution in [1.82, 2.24) is 9.97 Å². The van der Waals surface area contributed by atoms with Crippen LogP contribution in [0, 0.1) is 12.7 Å². The number of aryl methyl sites for hydroxylation is 1. The lowest BCUT2D eigenvalue weighted by molar-refractivity contribution is -0.118. The predicted molar refractivity (Wildman–Crippen MR) is 68.7 cm³/mol. The Morgan fingerprint density at radius 2 is 2.00 bits per heavy atom.